The van der Waals surface area contributed by atoms with Gasteiger partial charge >= 0.3 is 6.03 Å². The lowest BCUT2D eigenvalue weighted by Gasteiger charge is -2.10. The van der Waals surface area contributed by atoms with Crippen molar-refractivity contribution in [2.45, 2.75) is 18.5 Å². The molecule has 2 amide bonds. The molecule has 7 nitrogen and oxygen atoms in total. The monoisotopic (exact) mass is 430 g/mol. The van der Waals surface area contributed by atoms with Crippen molar-refractivity contribution in [2.24, 2.45) is 0 Å². The molecule has 0 fully saturated rings. The number of thiophene rings is 1. The number of hydrogen-bond donors (Lipinski definition) is 1. The number of nitrogens with zero attached hydrogens (tertiary/aromatic N) is 3. The molecule has 0 radical (unpaired) electrons. The summed E-state index contributed by atoms with van der Waals surface area (Å²) >= 11 is 2.79. The largest absolute Gasteiger partial charge is 0.497 e. The Bertz CT molecular complexity index is 1050. The number of carbonyl (C=O) groups excluding carboxylic acids is 2. The second kappa shape index (κ2) is 9.23. The average molecular weight is 431 g/mol. The number of hydrogen-bond acceptors (Lipinski definition) is 7. The van der Waals surface area contributed by atoms with Crippen molar-refractivity contribution in [2.75, 3.05) is 27.0 Å². The maximum atomic E-state index is 12.6. The van der Waals surface area contributed by atoms with E-state index in [1.54, 1.807) is 27.3 Å². The summed E-state index contributed by atoms with van der Waals surface area (Å²) in [6.45, 7) is 2.24. The van der Waals surface area contributed by atoms with Crippen LogP contribution < -0.4 is 10.1 Å². The fourth-order valence-corrected chi connectivity index (χ4v) is 4.49. The molecule has 1 aromatic carbocycles. The van der Waals surface area contributed by atoms with Crippen LogP contribution in [0.25, 0.3) is 10.9 Å². The molecule has 2 heterocycles. The van der Waals surface area contributed by atoms with Gasteiger partial charge in [-0.25, -0.2) is 14.8 Å². The number of carbonyl (C=O) groups is 2. The van der Waals surface area contributed by atoms with Crippen molar-refractivity contribution in [3.8, 4) is 5.75 Å². The van der Waals surface area contributed by atoms with E-state index in [1.165, 1.54) is 28.0 Å². The summed E-state index contributed by atoms with van der Waals surface area (Å²) in [6, 6.07) is 9.14. The topological polar surface area (TPSA) is 84.4 Å². The number of nitrogens with one attached hydrogen (secondary N) is 1. The number of rotatable bonds is 7. The molecule has 29 heavy (non-hydrogen) atoms. The Labute approximate surface area is 177 Å². The summed E-state index contributed by atoms with van der Waals surface area (Å²) in [5.41, 5.74) is 0.822. The van der Waals surface area contributed by atoms with Gasteiger partial charge in [-0.05, 0) is 37.3 Å². The summed E-state index contributed by atoms with van der Waals surface area (Å²) in [4.78, 5) is 36.3. The van der Waals surface area contributed by atoms with Gasteiger partial charge in [0.25, 0.3) is 0 Å². The van der Waals surface area contributed by atoms with Gasteiger partial charge in [0.1, 0.15) is 16.6 Å². The van der Waals surface area contributed by atoms with Crippen LogP contribution in [0.4, 0.5) is 4.79 Å². The van der Waals surface area contributed by atoms with Crippen LogP contribution >= 0.6 is 23.1 Å². The van der Waals surface area contributed by atoms with Crippen molar-refractivity contribution in [1.29, 1.82) is 0 Å². The predicted octanol–water partition coefficient (Wildman–Crippen LogP) is 3.75. The lowest BCUT2D eigenvalue weighted by molar-refractivity contribution is 0.102. The van der Waals surface area contributed by atoms with E-state index < -0.39 is 0 Å². The Balaban J connectivity index is 1.69. The molecule has 2 aromatic heterocycles. The van der Waals surface area contributed by atoms with Crippen LogP contribution in [0.2, 0.25) is 0 Å². The number of urea groups is 1. The highest BCUT2D eigenvalue weighted by molar-refractivity contribution is 8.00. The summed E-state index contributed by atoms with van der Waals surface area (Å²) < 4.78 is 5.30. The van der Waals surface area contributed by atoms with Gasteiger partial charge in [0.05, 0.1) is 29.8 Å². The Morgan fingerprint density at radius 3 is 2.72 bits per heavy atom. The number of thioether (sulfide) groups is 1. The molecule has 0 bridgehead atoms. The molecular weight excluding hydrogens is 408 g/mol. The molecule has 3 aromatic rings. The van der Waals surface area contributed by atoms with Crippen molar-refractivity contribution < 1.29 is 14.3 Å². The van der Waals surface area contributed by atoms with E-state index in [2.05, 4.69) is 15.3 Å². The Morgan fingerprint density at radius 1 is 1.21 bits per heavy atom. The minimum Gasteiger partial charge on any atom is -0.497 e. The third-order valence-electron chi connectivity index (χ3n) is 4.08. The zero-order valence-electron chi connectivity index (χ0n) is 16.7. The average Bonchev–Trinajstić information content (AvgIpc) is 3.18. The summed E-state index contributed by atoms with van der Waals surface area (Å²) in [6.07, 6.45) is 0. The Kier molecular flexibility index (Phi) is 6.71. The molecule has 0 spiro atoms. The molecule has 1 N–H and O–H groups in total. The van der Waals surface area contributed by atoms with Crippen LogP contribution in [-0.4, -0.2) is 53.6 Å². The highest BCUT2D eigenvalue weighted by atomic mass is 32.2. The molecule has 0 saturated heterocycles. The van der Waals surface area contributed by atoms with Crippen LogP contribution in [0.1, 0.15) is 20.4 Å². The lowest BCUT2D eigenvalue weighted by Crippen LogP contribution is -2.33. The second-order valence-electron chi connectivity index (χ2n) is 6.49. The van der Waals surface area contributed by atoms with Crippen molar-refractivity contribution in [1.82, 2.24) is 20.2 Å². The number of aryl methyl sites for hydroxylation is 1. The van der Waals surface area contributed by atoms with E-state index in [-0.39, 0.29) is 17.6 Å². The standard InChI is InChI=1S/C20H22N4O3S2/c1-12-22-16-7-5-13(27-4)9-15(16)19(23-12)28-11-17(25)18-8-6-14(29-18)10-21-20(26)24(2)3/h5-9H,10-11H2,1-4H3,(H,21,26). The van der Waals surface area contributed by atoms with E-state index in [4.69, 9.17) is 4.74 Å². The molecule has 0 aliphatic heterocycles. The number of ether oxygens (including phenoxy) is 1. The smallest absolute Gasteiger partial charge is 0.317 e. The fourth-order valence-electron chi connectivity index (χ4n) is 2.58. The van der Waals surface area contributed by atoms with Crippen LogP contribution in [0.3, 0.4) is 0 Å². The quantitative estimate of drug-likeness (QED) is 0.349. The van der Waals surface area contributed by atoms with Gasteiger partial charge in [-0.3, -0.25) is 4.79 Å². The number of fused-ring (bicyclic) bond motifs is 1. The number of amides is 2. The van der Waals surface area contributed by atoms with Crippen molar-refractivity contribution in [3.05, 3.63) is 45.9 Å². The molecular formula is C20H22N4O3S2. The highest BCUT2D eigenvalue weighted by Gasteiger charge is 2.14. The molecule has 0 atom stereocenters. The number of methoxy groups -OCH3 is 1. The SMILES string of the molecule is COc1ccc2nc(C)nc(SCC(=O)c3ccc(CNC(=O)N(C)C)s3)c2c1. The maximum Gasteiger partial charge on any atom is 0.317 e. The molecule has 0 saturated carbocycles. The first kappa shape index (κ1) is 21.1. The third kappa shape index (κ3) is 5.24. The van der Waals surface area contributed by atoms with Gasteiger partial charge in [-0.15, -0.1) is 11.3 Å². The van der Waals surface area contributed by atoms with Gasteiger partial charge < -0.3 is 15.0 Å². The van der Waals surface area contributed by atoms with E-state index in [0.717, 1.165) is 26.6 Å². The molecule has 0 unspecified atom stereocenters. The highest BCUT2D eigenvalue weighted by Crippen LogP contribution is 2.29. The predicted molar refractivity (Wildman–Crippen MR) is 116 cm³/mol. The Hall–Kier alpha value is -2.65. The maximum absolute atomic E-state index is 12.6. The molecule has 0 aliphatic rings. The second-order valence-corrected chi connectivity index (χ2v) is 8.62. The molecule has 0 aliphatic carbocycles. The van der Waals surface area contributed by atoms with Gasteiger partial charge in [-0.1, -0.05) is 11.8 Å². The number of ketones is 1. The molecule has 152 valence electrons. The minimum absolute atomic E-state index is 0.0255. The van der Waals surface area contributed by atoms with E-state index >= 15 is 0 Å². The van der Waals surface area contributed by atoms with Gasteiger partial charge in [0, 0.05) is 24.4 Å². The number of benzene rings is 1. The molecule has 3 rings (SSSR count). The van der Waals surface area contributed by atoms with E-state index in [9.17, 15) is 9.59 Å². The first-order valence-electron chi connectivity index (χ1n) is 8.89. The van der Waals surface area contributed by atoms with Gasteiger partial charge in [-0.2, -0.15) is 0 Å². The Morgan fingerprint density at radius 2 is 2.00 bits per heavy atom. The zero-order valence-corrected chi connectivity index (χ0v) is 18.3. The van der Waals surface area contributed by atoms with Crippen LogP contribution in [-0.2, 0) is 6.54 Å². The lowest BCUT2D eigenvalue weighted by atomic mass is 10.2. The van der Waals surface area contributed by atoms with Gasteiger partial charge in [0.2, 0.25) is 0 Å². The van der Waals surface area contributed by atoms with Crippen LogP contribution in [0.5, 0.6) is 5.75 Å². The first-order chi connectivity index (χ1) is 13.9. The fraction of sp³-hybridized carbons (Fsp3) is 0.300. The molecule has 9 heteroatoms. The van der Waals surface area contributed by atoms with Gasteiger partial charge in [0.15, 0.2) is 5.78 Å². The van der Waals surface area contributed by atoms with E-state index in [0.29, 0.717) is 17.2 Å². The van der Waals surface area contributed by atoms with Crippen molar-refractivity contribution >= 4 is 45.8 Å². The summed E-state index contributed by atoms with van der Waals surface area (Å²) in [5.74, 6) is 1.68. The van der Waals surface area contributed by atoms with Crippen LogP contribution in [0.15, 0.2) is 35.4 Å². The third-order valence-corrected chi connectivity index (χ3v) is 6.19. The van der Waals surface area contributed by atoms with Crippen molar-refractivity contribution in [3.63, 3.8) is 0 Å². The summed E-state index contributed by atoms with van der Waals surface area (Å²) in [7, 11) is 4.98. The zero-order chi connectivity index (χ0) is 21.0. The minimum atomic E-state index is -0.164. The van der Waals surface area contributed by atoms with E-state index in [1.807, 2.05) is 31.2 Å². The number of aromatic nitrogens is 2. The summed E-state index contributed by atoms with van der Waals surface area (Å²) in [5, 5.41) is 4.42. The van der Waals surface area contributed by atoms with Crippen LogP contribution in [0, 0.1) is 6.92 Å². The number of Topliss-reactive ketones (excluding diaryl/α,β-unsaturated/α-hetero) is 1. The normalized spacial score (nSPS) is 10.8. The first-order valence-corrected chi connectivity index (χ1v) is 10.7.